The van der Waals surface area contributed by atoms with Crippen LogP contribution >= 0.6 is 11.6 Å². The van der Waals surface area contributed by atoms with Gasteiger partial charge in [-0.1, -0.05) is 41.4 Å². The Morgan fingerprint density at radius 3 is 1.62 bits per heavy atom. The van der Waals surface area contributed by atoms with Gasteiger partial charge in [-0.05, 0) is 92.9 Å². The normalized spacial score (nSPS) is 10.6. The van der Waals surface area contributed by atoms with E-state index in [1.165, 1.54) is 67.0 Å². The van der Waals surface area contributed by atoms with E-state index in [1.54, 1.807) is 52.0 Å². The van der Waals surface area contributed by atoms with Crippen molar-refractivity contribution in [3.05, 3.63) is 141 Å². The van der Waals surface area contributed by atoms with Crippen LogP contribution in [0.4, 0.5) is 0 Å². The third-order valence-electron chi connectivity index (χ3n) is 7.02. The zero-order chi connectivity index (χ0) is 34.5. The minimum atomic E-state index is -0.864. The van der Waals surface area contributed by atoms with Crippen molar-refractivity contribution in [1.29, 1.82) is 0 Å². The maximum absolute atomic E-state index is 13.4. The molecule has 0 amide bonds. The van der Waals surface area contributed by atoms with Crippen LogP contribution in [0.2, 0.25) is 5.02 Å². The van der Waals surface area contributed by atoms with E-state index in [4.69, 9.17) is 30.5 Å². The van der Waals surface area contributed by atoms with Crippen molar-refractivity contribution in [2.24, 2.45) is 0 Å². The molecule has 0 aliphatic rings. The van der Waals surface area contributed by atoms with E-state index in [2.05, 4.69) is 4.98 Å². The number of rotatable bonds is 8. The van der Waals surface area contributed by atoms with Crippen molar-refractivity contribution in [1.82, 2.24) is 4.98 Å². The first-order chi connectivity index (χ1) is 22.9. The molecule has 10 nitrogen and oxygen atoms in total. The number of aromatic nitrogens is 1. The van der Waals surface area contributed by atoms with Gasteiger partial charge < -0.3 is 24.1 Å². The fourth-order valence-corrected chi connectivity index (χ4v) is 4.73. The van der Waals surface area contributed by atoms with E-state index in [0.29, 0.717) is 16.7 Å². The first-order valence-corrected chi connectivity index (χ1v) is 14.9. The summed E-state index contributed by atoms with van der Waals surface area (Å²) in [6.45, 7) is 6.93. The van der Waals surface area contributed by atoms with E-state index in [0.717, 1.165) is 5.56 Å². The Balaban J connectivity index is 1.36. The van der Waals surface area contributed by atoms with Crippen LogP contribution in [0.1, 0.15) is 63.7 Å². The molecule has 0 unspecified atom stereocenters. The summed E-state index contributed by atoms with van der Waals surface area (Å²) in [5.74, 6) is -3.65. The molecular formula is C37H28ClNO9. The molecule has 0 saturated heterocycles. The second-order valence-corrected chi connectivity index (χ2v) is 11.3. The number of aryl methyl sites for hydroxylation is 4. The summed E-state index contributed by atoms with van der Waals surface area (Å²) >= 11 is 5.95. The number of esters is 4. The molecule has 1 N–H and O–H groups in total. The van der Waals surface area contributed by atoms with Gasteiger partial charge in [-0.15, -0.1) is 0 Å². The van der Waals surface area contributed by atoms with Gasteiger partial charge in [0.05, 0.1) is 16.8 Å². The molecular weight excluding hydrogens is 638 g/mol. The van der Waals surface area contributed by atoms with E-state index in [-0.39, 0.29) is 56.0 Å². The number of hydrogen-bond donors (Lipinski definition) is 1. The molecule has 0 atom stereocenters. The molecule has 242 valence electrons. The predicted molar refractivity (Wildman–Crippen MR) is 175 cm³/mol. The molecule has 0 bridgehead atoms. The number of nitrogens with zero attached hydrogens (tertiary/aromatic N) is 1. The van der Waals surface area contributed by atoms with Crippen LogP contribution in [0.3, 0.4) is 0 Å². The summed E-state index contributed by atoms with van der Waals surface area (Å²) in [5.41, 5.74) is 2.56. The van der Waals surface area contributed by atoms with E-state index in [1.807, 2.05) is 0 Å². The van der Waals surface area contributed by atoms with Crippen molar-refractivity contribution in [3.8, 4) is 28.7 Å². The predicted octanol–water partition coefficient (Wildman–Crippen LogP) is 7.55. The highest BCUT2D eigenvalue weighted by molar-refractivity contribution is 6.30. The van der Waals surface area contributed by atoms with Crippen LogP contribution in [0.15, 0.2) is 91.3 Å². The first-order valence-electron chi connectivity index (χ1n) is 14.5. The average molecular weight is 666 g/mol. The summed E-state index contributed by atoms with van der Waals surface area (Å²) in [6, 6.07) is 19.5. The molecule has 4 aromatic carbocycles. The molecule has 0 saturated carbocycles. The molecule has 0 aliphatic heterocycles. The molecule has 0 radical (unpaired) electrons. The summed E-state index contributed by atoms with van der Waals surface area (Å²) in [7, 11) is 0. The highest BCUT2D eigenvalue weighted by Gasteiger charge is 2.23. The zero-order valence-electron chi connectivity index (χ0n) is 26.2. The topological polar surface area (TPSA) is 138 Å². The lowest BCUT2D eigenvalue weighted by atomic mass is 10.1. The summed E-state index contributed by atoms with van der Waals surface area (Å²) in [4.78, 5) is 56.6. The third-order valence-corrected chi connectivity index (χ3v) is 7.22. The van der Waals surface area contributed by atoms with Gasteiger partial charge in [0.1, 0.15) is 39.7 Å². The average Bonchev–Trinajstić information content (AvgIpc) is 3.04. The molecule has 0 fully saturated rings. The van der Waals surface area contributed by atoms with Crippen molar-refractivity contribution in [2.75, 3.05) is 0 Å². The number of benzene rings is 4. The zero-order valence-corrected chi connectivity index (χ0v) is 27.0. The Morgan fingerprint density at radius 1 is 0.542 bits per heavy atom. The highest BCUT2D eigenvalue weighted by Crippen LogP contribution is 2.29. The lowest BCUT2D eigenvalue weighted by Gasteiger charge is -2.14. The number of halogens is 1. The lowest BCUT2D eigenvalue weighted by molar-refractivity contribution is 0.0680. The second-order valence-electron chi connectivity index (χ2n) is 10.9. The number of pyridine rings is 1. The minimum absolute atomic E-state index is 0.00431. The Labute approximate surface area is 280 Å². The van der Waals surface area contributed by atoms with Gasteiger partial charge >= 0.3 is 23.9 Å². The number of aromatic hydroxyl groups is 1. The van der Waals surface area contributed by atoms with Crippen molar-refractivity contribution in [2.45, 2.75) is 27.7 Å². The van der Waals surface area contributed by atoms with E-state index >= 15 is 0 Å². The molecule has 11 heteroatoms. The number of carbonyl (C=O) groups excluding carboxylic acids is 4. The molecule has 5 aromatic rings. The number of ether oxygens (including phenoxy) is 4. The maximum Gasteiger partial charge on any atom is 0.347 e. The number of carbonyl (C=O) groups is 4. The monoisotopic (exact) mass is 665 g/mol. The smallest absolute Gasteiger partial charge is 0.347 e. The third kappa shape index (κ3) is 7.86. The molecule has 5 rings (SSSR count). The van der Waals surface area contributed by atoms with Crippen molar-refractivity contribution in [3.63, 3.8) is 0 Å². The SMILES string of the molecule is Cc1ccc(O)c(C(=O)Oc2ccc(C)cc2C(=O)Oc2ccc(C)c(C(=O)Oc3ccc(C)cc3C(=O)Oc3cncc(Cl)c3)c2)c1. The van der Waals surface area contributed by atoms with E-state index < -0.39 is 23.9 Å². The van der Waals surface area contributed by atoms with Crippen LogP contribution in [0.5, 0.6) is 28.7 Å². The molecule has 0 aliphatic carbocycles. The second kappa shape index (κ2) is 14.2. The number of phenols is 1. The lowest BCUT2D eigenvalue weighted by Crippen LogP contribution is -2.17. The van der Waals surface area contributed by atoms with E-state index in [9.17, 15) is 24.3 Å². The molecule has 1 aromatic heterocycles. The fraction of sp³-hybridized carbons (Fsp3) is 0.108. The Hall–Kier alpha value is -6.00. The van der Waals surface area contributed by atoms with Crippen LogP contribution in [0.25, 0.3) is 0 Å². The number of phenolic OH excluding ortho intramolecular Hbond substituents is 1. The maximum atomic E-state index is 13.4. The number of hydrogen-bond acceptors (Lipinski definition) is 10. The Kier molecular flexibility index (Phi) is 9.86. The minimum Gasteiger partial charge on any atom is -0.507 e. The first kappa shape index (κ1) is 33.4. The van der Waals surface area contributed by atoms with Crippen molar-refractivity contribution >= 4 is 35.5 Å². The van der Waals surface area contributed by atoms with Gasteiger partial charge in [-0.25, -0.2) is 19.2 Å². The summed E-state index contributed by atoms with van der Waals surface area (Å²) < 4.78 is 22.1. The van der Waals surface area contributed by atoms with Gasteiger partial charge in [0, 0.05) is 12.3 Å². The van der Waals surface area contributed by atoms with Gasteiger partial charge in [-0.3, -0.25) is 4.98 Å². The van der Waals surface area contributed by atoms with Gasteiger partial charge in [0.15, 0.2) is 5.75 Å². The Bertz CT molecular complexity index is 2090. The molecule has 0 spiro atoms. The van der Waals surface area contributed by atoms with Crippen LogP contribution in [-0.2, 0) is 0 Å². The molecule has 48 heavy (non-hydrogen) atoms. The van der Waals surface area contributed by atoms with Crippen molar-refractivity contribution < 1.29 is 43.2 Å². The Morgan fingerprint density at radius 2 is 1.04 bits per heavy atom. The molecule has 1 heterocycles. The van der Waals surface area contributed by atoms with Gasteiger partial charge in [-0.2, -0.15) is 0 Å². The fourth-order valence-electron chi connectivity index (χ4n) is 4.56. The standard InChI is InChI=1S/C37H28ClNO9/c1-20-5-10-31(40)28(13-20)35(42)48-33-12-7-21(2)14-29(33)36(43)45-25-9-8-23(4)27(17-25)34(41)47-32-11-6-22(3)15-30(32)37(44)46-26-16-24(38)18-39-19-26/h5-19,40H,1-4H3. The van der Waals surface area contributed by atoms with Crippen LogP contribution in [0, 0.1) is 27.7 Å². The van der Waals surface area contributed by atoms with Gasteiger partial charge in [0.25, 0.3) is 0 Å². The quantitative estimate of drug-likeness (QED) is 0.131. The largest absolute Gasteiger partial charge is 0.507 e. The highest BCUT2D eigenvalue weighted by atomic mass is 35.5. The summed E-state index contributed by atoms with van der Waals surface area (Å²) in [6.07, 6.45) is 2.71. The van der Waals surface area contributed by atoms with Gasteiger partial charge in [0.2, 0.25) is 0 Å². The summed E-state index contributed by atoms with van der Waals surface area (Å²) in [5, 5.41) is 10.4. The van der Waals surface area contributed by atoms with Crippen LogP contribution < -0.4 is 18.9 Å². The van der Waals surface area contributed by atoms with Crippen LogP contribution in [-0.4, -0.2) is 34.0 Å².